The first-order valence-electron chi connectivity index (χ1n) is 6.65. The molecule has 0 saturated heterocycles. The van der Waals surface area contributed by atoms with Crippen LogP contribution >= 0.6 is 7.60 Å². The second kappa shape index (κ2) is 8.08. The first kappa shape index (κ1) is 18.4. The highest BCUT2D eigenvalue weighted by atomic mass is 31.2. The Morgan fingerprint density at radius 2 is 1.50 bits per heavy atom. The number of methoxy groups -OCH3 is 1. The summed E-state index contributed by atoms with van der Waals surface area (Å²) in [5.41, 5.74) is 0.813. The van der Waals surface area contributed by atoms with Crippen molar-refractivity contribution in [3.8, 4) is 5.75 Å². The van der Waals surface area contributed by atoms with Gasteiger partial charge in [-0.2, -0.15) is 0 Å². The van der Waals surface area contributed by atoms with Gasteiger partial charge in [0, 0.05) is 5.56 Å². The molecule has 0 N–H and O–H groups in total. The summed E-state index contributed by atoms with van der Waals surface area (Å²) in [7, 11) is -2.44. The molecule has 0 aliphatic heterocycles. The van der Waals surface area contributed by atoms with Gasteiger partial charge in [-0.25, -0.2) is 0 Å². The number of benzene rings is 1. The van der Waals surface area contributed by atoms with Crippen LogP contribution in [0.2, 0.25) is 0 Å². The summed E-state index contributed by atoms with van der Waals surface area (Å²) in [5, 5.41) is 0. The van der Waals surface area contributed by atoms with Crippen LogP contribution in [0.4, 0.5) is 0 Å². The SMILES string of the molecule is C=C(C)COP(=O)(OCC(=C)C)C(=O)c1ccc(OC)cc1. The number of hydrogen-bond acceptors (Lipinski definition) is 5. The van der Waals surface area contributed by atoms with E-state index in [0.29, 0.717) is 16.9 Å². The van der Waals surface area contributed by atoms with Crippen LogP contribution in [0, 0.1) is 0 Å². The Labute approximate surface area is 131 Å². The van der Waals surface area contributed by atoms with E-state index in [1.54, 1.807) is 26.0 Å². The zero-order valence-electron chi connectivity index (χ0n) is 13.1. The number of carbonyl (C=O) groups excluding carboxylic acids is 1. The lowest BCUT2D eigenvalue weighted by molar-refractivity contribution is 0.101. The van der Waals surface area contributed by atoms with Gasteiger partial charge in [-0.15, -0.1) is 0 Å². The van der Waals surface area contributed by atoms with Gasteiger partial charge in [0.05, 0.1) is 20.3 Å². The first-order chi connectivity index (χ1) is 10.3. The average molecular weight is 324 g/mol. The summed E-state index contributed by atoms with van der Waals surface area (Å²) < 4.78 is 28.2. The molecule has 0 unspecified atom stereocenters. The summed E-state index contributed by atoms with van der Waals surface area (Å²) in [4.78, 5) is 12.5. The van der Waals surface area contributed by atoms with Gasteiger partial charge in [-0.1, -0.05) is 24.3 Å². The first-order valence-corrected chi connectivity index (χ1v) is 8.19. The summed E-state index contributed by atoms with van der Waals surface area (Å²) in [5.74, 6) is 0.595. The van der Waals surface area contributed by atoms with Crippen LogP contribution in [0.25, 0.3) is 0 Å². The minimum atomic E-state index is -3.97. The predicted molar refractivity (Wildman–Crippen MR) is 86.5 cm³/mol. The van der Waals surface area contributed by atoms with Crippen LogP contribution in [0.3, 0.4) is 0 Å². The molecule has 0 heterocycles. The van der Waals surface area contributed by atoms with Crippen molar-refractivity contribution >= 4 is 13.1 Å². The molecule has 0 saturated carbocycles. The molecule has 1 aromatic carbocycles. The van der Waals surface area contributed by atoms with Crippen molar-refractivity contribution in [3.05, 3.63) is 54.1 Å². The Morgan fingerprint density at radius 3 is 1.86 bits per heavy atom. The quantitative estimate of drug-likeness (QED) is 0.503. The van der Waals surface area contributed by atoms with E-state index in [-0.39, 0.29) is 18.8 Å². The molecular weight excluding hydrogens is 303 g/mol. The lowest BCUT2D eigenvalue weighted by Gasteiger charge is -2.17. The van der Waals surface area contributed by atoms with Crippen LogP contribution in [0.5, 0.6) is 5.75 Å². The van der Waals surface area contributed by atoms with Crippen molar-refractivity contribution in [2.24, 2.45) is 0 Å². The molecule has 0 radical (unpaired) electrons. The largest absolute Gasteiger partial charge is 0.497 e. The van der Waals surface area contributed by atoms with Crippen molar-refractivity contribution in [1.82, 2.24) is 0 Å². The molecule has 0 atom stereocenters. The lowest BCUT2D eigenvalue weighted by atomic mass is 10.2. The number of ether oxygens (including phenoxy) is 1. The minimum absolute atomic E-state index is 0.0185. The summed E-state index contributed by atoms with van der Waals surface area (Å²) >= 11 is 0. The molecule has 22 heavy (non-hydrogen) atoms. The van der Waals surface area contributed by atoms with E-state index in [1.807, 2.05) is 0 Å². The smallest absolute Gasteiger partial charge is 0.402 e. The molecule has 0 aromatic heterocycles. The maximum Gasteiger partial charge on any atom is 0.402 e. The third-order valence-electron chi connectivity index (χ3n) is 2.55. The van der Waals surface area contributed by atoms with Crippen molar-refractivity contribution in [2.45, 2.75) is 13.8 Å². The predicted octanol–water partition coefficient (Wildman–Crippen LogP) is 4.21. The Kier molecular flexibility index (Phi) is 6.75. The van der Waals surface area contributed by atoms with Crippen LogP contribution in [-0.4, -0.2) is 25.8 Å². The lowest BCUT2D eigenvalue weighted by Crippen LogP contribution is -2.09. The Balaban J connectivity index is 3.01. The Hall–Kier alpha value is -1.68. The molecule has 1 aromatic rings. The molecule has 0 bridgehead atoms. The minimum Gasteiger partial charge on any atom is -0.497 e. The fourth-order valence-electron chi connectivity index (χ4n) is 1.44. The zero-order chi connectivity index (χ0) is 16.8. The fraction of sp³-hybridized carbons (Fsp3) is 0.312. The Morgan fingerprint density at radius 1 is 1.05 bits per heavy atom. The molecule has 6 heteroatoms. The van der Waals surface area contributed by atoms with Gasteiger partial charge in [0.15, 0.2) is 0 Å². The van der Waals surface area contributed by atoms with Gasteiger partial charge in [0.25, 0.3) is 5.52 Å². The normalized spacial score (nSPS) is 11.0. The van der Waals surface area contributed by atoms with Gasteiger partial charge in [0.2, 0.25) is 0 Å². The second-order valence-corrected chi connectivity index (χ2v) is 6.91. The topological polar surface area (TPSA) is 61.8 Å². The molecule has 0 fully saturated rings. The third kappa shape index (κ3) is 5.26. The highest BCUT2D eigenvalue weighted by Gasteiger charge is 2.36. The zero-order valence-corrected chi connectivity index (χ0v) is 14.0. The van der Waals surface area contributed by atoms with E-state index in [9.17, 15) is 9.36 Å². The maximum absolute atomic E-state index is 12.8. The molecule has 5 nitrogen and oxygen atoms in total. The van der Waals surface area contributed by atoms with Crippen LogP contribution in [0.1, 0.15) is 24.2 Å². The monoisotopic (exact) mass is 324 g/mol. The molecule has 0 amide bonds. The third-order valence-corrected chi connectivity index (χ3v) is 4.24. The fourth-order valence-corrected chi connectivity index (χ4v) is 2.99. The second-order valence-electron chi connectivity index (χ2n) is 4.99. The molecular formula is C16H21O5P. The van der Waals surface area contributed by atoms with E-state index in [2.05, 4.69) is 13.2 Å². The van der Waals surface area contributed by atoms with Crippen molar-refractivity contribution in [3.63, 3.8) is 0 Å². The van der Waals surface area contributed by atoms with Gasteiger partial charge in [-0.3, -0.25) is 18.4 Å². The van der Waals surface area contributed by atoms with Crippen LogP contribution in [-0.2, 0) is 13.6 Å². The van der Waals surface area contributed by atoms with E-state index < -0.39 is 13.1 Å². The van der Waals surface area contributed by atoms with Gasteiger partial charge < -0.3 is 4.74 Å². The van der Waals surface area contributed by atoms with Crippen LogP contribution < -0.4 is 4.74 Å². The summed E-state index contributed by atoms with van der Waals surface area (Å²) in [6, 6.07) is 6.24. The molecule has 120 valence electrons. The molecule has 0 aliphatic carbocycles. The highest BCUT2D eigenvalue weighted by Crippen LogP contribution is 2.51. The van der Waals surface area contributed by atoms with Gasteiger partial charge in [0.1, 0.15) is 5.75 Å². The van der Waals surface area contributed by atoms with E-state index in [1.165, 1.54) is 19.2 Å². The molecule has 0 spiro atoms. The number of rotatable bonds is 9. The van der Waals surface area contributed by atoms with E-state index >= 15 is 0 Å². The number of hydrogen-bond donors (Lipinski definition) is 0. The van der Waals surface area contributed by atoms with Crippen LogP contribution in [0.15, 0.2) is 48.6 Å². The highest BCUT2D eigenvalue weighted by molar-refractivity contribution is 7.72. The van der Waals surface area contributed by atoms with E-state index in [4.69, 9.17) is 13.8 Å². The molecule has 0 aliphatic rings. The van der Waals surface area contributed by atoms with E-state index in [0.717, 1.165) is 0 Å². The standard InChI is InChI=1S/C16H21O5P/c1-12(2)10-20-22(18,21-11-13(3)4)16(17)14-6-8-15(19-5)9-7-14/h6-9H,1,3,10-11H2,2,4-5H3. The van der Waals surface area contributed by atoms with Crippen molar-refractivity contribution in [2.75, 3.05) is 20.3 Å². The molecule has 1 rings (SSSR count). The van der Waals surface area contributed by atoms with Crippen molar-refractivity contribution in [1.29, 1.82) is 0 Å². The van der Waals surface area contributed by atoms with Crippen molar-refractivity contribution < 1.29 is 23.1 Å². The maximum atomic E-state index is 12.8. The average Bonchev–Trinajstić information content (AvgIpc) is 2.50. The van der Waals surface area contributed by atoms with Gasteiger partial charge in [-0.05, 0) is 38.1 Å². The number of carbonyl (C=O) groups is 1. The summed E-state index contributed by atoms with van der Waals surface area (Å²) in [6.07, 6.45) is 0. The Bertz CT molecular complexity index is 581. The summed E-state index contributed by atoms with van der Waals surface area (Å²) in [6.45, 7) is 10.7. The van der Waals surface area contributed by atoms with Gasteiger partial charge >= 0.3 is 7.60 Å².